The summed E-state index contributed by atoms with van der Waals surface area (Å²) in [6.07, 6.45) is 7.47. The molecule has 0 spiro atoms. The number of guanidine groups is 1. The Morgan fingerprint density at radius 2 is 1.96 bits per heavy atom. The number of nitrogens with zero attached hydrogens (tertiary/aromatic N) is 4. The lowest BCUT2D eigenvalue weighted by Gasteiger charge is -2.12. The molecule has 1 aliphatic rings. The predicted octanol–water partition coefficient (Wildman–Crippen LogP) is 3.33. The average Bonchev–Trinajstić information content (AvgIpc) is 3.40. The maximum atomic E-state index is 4.76. The van der Waals surface area contributed by atoms with E-state index in [2.05, 4.69) is 37.8 Å². The van der Waals surface area contributed by atoms with E-state index in [0.717, 1.165) is 57.1 Å². The van der Waals surface area contributed by atoms with Crippen LogP contribution in [-0.2, 0) is 19.3 Å². The Morgan fingerprint density at radius 3 is 2.63 bits per heavy atom. The minimum absolute atomic E-state index is 0. The molecule has 2 aromatic rings. The Bertz CT molecular complexity index is 708. The highest BCUT2D eigenvalue weighted by Crippen LogP contribution is 2.24. The molecule has 3 heterocycles. The molecule has 1 aliphatic heterocycles. The fourth-order valence-corrected chi connectivity index (χ4v) is 4.68. The Morgan fingerprint density at radius 1 is 1.22 bits per heavy atom. The van der Waals surface area contributed by atoms with Gasteiger partial charge in [0.2, 0.25) is 0 Å². The third-order valence-corrected chi connectivity index (χ3v) is 6.55. The first kappa shape index (κ1) is 22.4. The van der Waals surface area contributed by atoms with Crippen molar-refractivity contribution < 1.29 is 0 Å². The van der Waals surface area contributed by atoms with Crippen molar-refractivity contribution >= 4 is 57.7 Å². The van der Waals surface area contributed by atoms with E-state index in [4.69, 9.17) is 4.98 Å². The number of nitrogens with one attached hydrogen (secondary N) is 2. The highest BCUT2D eigenvalue weighted by molar-refractivity contribution is 14.0. The van der Waals surface area contributed by atoms with Crippen LogP contribution in [0.15, 0.2) is 16.6 Å². The lowest BCUT2D eigenvalue weighted by molar-refractivity contribution is 0.775. The van der Waals surface area contributed by atoms with Crippen LogP contribution in [0.5, 0.6) is 0 Å². The summed E-state index contributed by atoms with van der Waals surface area (Å²) in [6, 6.07) is 0. The highest BCUT2D eigenvalue weighted by Gasteiger charge is 2.15. The number of thiazole rings is 2. The van der Waals surface area contributed by atoms with Gasteiger partial charge in [-0.05, 0) is 19.3 Å². The zero-order valence-electron chi connectivity index (χ0n) is 16.0. The van der Waals surface area contributed by atoms with E-state index in [1.54, 1.807) is 22.7 Å². The van der Waals surface area contributed by atoms with Crippen LogP contribution in [0, 0.1) is 0 Å². The molecule has 0 bridgehead atoms. The van der Waals surface area contributed by atoms with Gasteiger partial charge >= 0.3 is 0 Å². The number of hydrogen-bond acceptors (Lipinski definition) is 6. The number of halogens is 1. The van der Waals surface area contributed by atoms with Gasteiger partial charge in [-0.1, -0.05) is 6.92 Å². The summed E-state index contributed by atoms with van der Waals surface area (Å²) in [5.74, 6) is 0.840. The molecule has 2 aromatic heterocycles. The van der Waals surface area contributed by atoms with Crippen molar-refractivity contribution in [1.29, 1.82) is 0 Å². The van der Waals surface area contributed by atoms with Crippen molar-refractivity contribution in [3.8, 4) is 0 Å². The number of aliphatic imine (C=N–C) groups is 1. The zero-order valence-corrected chi connectivity index (χ0v) is 20.0. The molecule has 1 fully saturated rings. The Labute approximate surface area is 186 Å². The van der Waals surface area contributed by atoms with Crippen LogP contribution < -0.4 is 15.5 Å². The maximum absolute atomic E-state index is 4.76. The molecule has 150 valence electrons. The summed E-state index contributed by atoms with van der Waals surface area (Å²) in [5.41, 5.74) is 1.16. The van der Waals surface area contributed by atoms with Crippen LogP contribution in [0.4, 0.5) is 5.13 Å². The maximum Gasteiger partial charge on any atom is 0.191 e. The van der Waals surface area contributed by atoms with Gasteiger partial charge in [-0.3, -0.25) is 4.99 Å². The molecular formula is C18H29IN6S2. The van der Waals surface area contributed by atoms with Crippen LogP contribution in [0.1, 0.15) is 35.3 Å². The molecule has 0 amide bonds. The van der Waals surface area contributed by atoms with Gasteiger partial charge in [-0.15, -0.1) is 46.7 Å². The first-order chi connectivity index (χ1) is 12.8. The second-order valence-electron chi connectivity index (χ2n) is 6.32. The van der Waals surface area contributed by atoms with Crippen LogP contribution >= 0.6 is 46.7 Å². The van der Waals surface area contributed by atoms with Crippen molar-refractivity contribution in [3.63, 3.8) is 0 Å². The van der Waals surface area contributed by atoms with E-state index in [1.165, 1.54) is 27.9 Å². The quantitative estimate of drug-likeness (QED) is 0.318. The Balaban J connectivity index is 0.00000261. The average molecular weight is 521 g/mol. The van der Waals surface area contributed by atoms with Crippen molar-refractivity contribution in [2.75, 3.05) is 38.1 Å². The molecule has 1 saturated heterocycles. The van der Waals surface area contributed by atoms with Crippen LogP contribution in [0.2, 0.25) is 0 Å². The molecule has 0 aliphatic carbocycles. The number of anilines is 1. The van der Waals surface area contributed by atoms with Crippen molar-refractivity contribution in [1.82, 2.24) is 20.6 Å². The number of hydrogen-bond donors (Lipinski definition) is 2. The Kier molecular flexibility index (Phi) is 9.77. The van der Waals surface area contributed by atoms with E-state index >= 15 is 0 Å². The van der Waals surface area contributed by atoms with Gasteiger partial charge < -0.3 is 15.5 Å². The standard InChI is InChI=1S/C18H28N6S2.HI/c1-3-15-12-22-16(26-15)7-9-21-17(19-2)20-8-6-14-13-25-18(23-14)24-10-4-5-11-24;/h12-13H,3-11H2,1-2H3,(H2,19,20,21);1H. The fraction of sp³-hybridized carbons (Fsp3) is 0.611. The first-order valence-electron chi connectivity index (χ1n) is 9.36. The molecular weight excluding hydrogens is 491 g/mol. The van der Waals surface area contributed by atoms with Crippen molar-refractivity contribution in [2.45, 2.75) is 39.0 Å². The molecule has 6 nitrogen and oxygen atoms in total. The Hall–Kier alpha value is -0.940. The normalized spacial score (nSPS) is 14.3. The fourth-order valence-electron chi connectivity index (χ4n) is 2.91. The third kappa shape index (κ3) is 6.86. The highest BCUT2D eigenvalue weighted by atomic mass is 127. The molecule has 27 heavy (non-hydrogen) atoms. The van der Waals surface area contributed by atoms with E-state index in [0.29, 0.717) is 0 Å². The molecule has 2 N–H and O–H groups in total. The smallest absolute Gasteiger partial charge is 0.191 e. The van der Waals surface area contributed by atoms with Crippen LogP contribution in [0.3, 0.4) is 0 Å². The summed E-state index contributed by atoms with van der Waals surface area (Å²) >= 11 is 3.56. The summed E-state index contributed by atoms with van der Waals surface area (Å²) in [5, 5.41) is 11.3. The second kappa shape index (κ2) is 11.8. The van der Waals surface area contributed by atoms with Gasteiger partial charge in [0.05, 0.1) is 10.7 Å². The van der Waals surface area contributed by atoms with E-state index < -0.39 is 0 Å². The van der Waals surface area contributed by atoms with Gasteiger partial charge in [0.25, 0.3) is 0 Å². The predicted molar refractivity (Wildman–Crippen MR) is 127 cm³/mol. The number of rotatable bonds is 8. The van der Waals surface area contributed by atoms with Crippen LogP contribution in [-0.4, -0.2) is 49.2 Å². The number of aromatic nitrogens is 2. The SMILES string of the molecule is CCc1cnc(CCNC(=NC)NCCc2csc(N3CCCC3)n2)s1.I. The zero-order chi connectivity index (χ0) is 18.2. The topological polar surface area (TPSA) is 65.4 Å². The largest absolute Gasteiger partial charge is 0.356 e. The van der Waals surface area contributed by atoms with Gasteiger partial charge in [-0.2, -0.15) is 0 Å². The molecule has 9 heteroatoms. The summed E-state index contributed by atoms with van der Waals surface area (Å²) in [4.78, 5) is 17.2. The van der Waals surface area contributed by atoms with E-state index in [-0.39, 0.29) is 24.0 Å². The van der Waals surface area contributed by atoms with Crippen LogP contribution in [0.25, 0.3) is 0 Å². The number of aryl methyl sites for hydroxylation is 1. The molecule has 0 unspecified atom stereocenters. The van der Waals surface area contributed by atoms with Gasteiger partial charge in [-0.25, -0.2) is 9.97 Å². The monoisotopic (exact) mass is 520 g/mol. The van der Waals surface area contributed by atoms with Gasteiger partial charge in [0.1, 0.15) is 0 Å². The minimum atomic E-state index is 0. The third-order valence-electron chi connectivity index (χ3n) is 4.39. The minimum Gasteiger partial charge on any atom is -0.356 e. The van der Waals surface area contributed by atoms with Crippen molar-refractivity contribution in [2.24, 2.45) is 4.99 Å². The summed E-state index contributed by atoms with van der Waals surface area (Å²) in [6.45, 7) is 6.14. The molecule has 0 radical (unpaired) electrons. The lowest BCUT2D eigenvalue weighted by atomic mass is 10.3. The summed E-state index contributed by atoms with van der Waals surface area (Å²) in [7, 11) is 1.81. The first-order valence-corrected chi connectivity index (χ1v) is 11.1. The van der Waals surface area contributed by atoms with Gasteiger partial charge in [0.15, 0.2) is 11.1 Å². The van der Waals surface area contributed by atoms with Gasteiger partial charge in [0, 0.05) is 62.5 Å². The van der Waals surface area contributed by atoms with E-state index in [1.807, 2.05) is 13.2 Å². The molecule has 0 saturated carbocycles. The molecule has 0 aromatic carbocycles. The lowest BCUT2D eigenvalue weighted by Crippen LogP contribution is -2.39. The molecule has 0 atom stereocenters. The van der Waals surface area contributed by atoms with Crippen molar-refractivity contribution in [3.05, 3.63) is 27.2 Å². The second-order valence-corrected chi connectivity index (χ2v) is 8.35. The summed E-state index contributed by atoms with van der Waals surface area (Å²) < 4.78 is 0. The molecule has 3 rings (SSSR count). The van der Waals surface area contributed by atoms with E-state index in [9.17, 15) is 0 Å².